The van der Waals surface area contributed by atoms with Crippen LogP contribution in [0.4, 0.5) is 5.69 Å². The van der Waals surface area contributed by atoms with Crippen LogP contribution in [0.3, 0.4) is 0 Å². The average Bonchev–Trinajstić information content (AvgIpc) is 2.27. The molecule has 17 heavy (non-hydrogen) atoms. The summed E-state index contributed by atoms with van der Waals surface area (Å²) in [5, 5.41) is 0.256. The van der Waals surface area contributed by atoms with Crippen LogP contribution in [-0.2, 0) is 4.74 Å². The van der Waals surface area contributed by atoms with Crippen LogP contribution in [0.2, 0.25) is 5.02 Å². The zero-order chi connectivity index (χ0) is 13.0. The highest BCUT2D eigenvalue weighted by Crippen LogP contribution is 2.32. The maximum atomic E-state index is 11.4. The molecule has 0 heterocycles. The van der Waals surface area contributed by atoms with Crippen LogP contribution in [0.15, 0.2) is 12.1 Å². The molecule has 0 radical (unpaired) electrons. The molecule has 5 nitrogen and oxygen atoms in total. The topological polar surface area (TPSA) is 73.6 Å². The van der Waals surface area contributed by atoms with Crippen molar-refractivity contribution < 1.29 is 14.3 Å². The summed E-state index contributed by atoms with van der Waals surface area (Å²) >= 11 is 5.97. The zero-order valence-electron chi connectivity index (χ0n) is 9.91. The van der Waals surface area contributed by atoms with Gasteiger partial charge in [0, 0.05) is 6.07 Å². The van der Waals surface area contributed by atoms with Crippen molar-refractivity contribution in [3.05, 3.63) is 22.7 Å². The smallest absolute Gasteiger partial charge is 0.339 e. The van der Waals surface area contributed by atoms with Gasteiger partial charge in [0.05, 0.1) is 29.5 Å². The van der Waals surface area contributed by atoms with Crippen molar-refractivity contribution in [3.8, 4) is 5.75 Å². The molecule has 0 unspecified atom stereocenters. The summed E-state index contributed by atoms with van der Waals surface area (Å²) in [7, 11) is 1.28. The number of hydrazine groups is 1. The number of anilines is 1. The molecule has 0 saturated carbocycles. The molecule has 0 fully saturated rings. The maximum Gasteiger partial charge on any atom is 0.339 e. The second kappa shape index (κ2) is 5.75. The Labute approximate surface area is 105 Å². The highest BCUT2D eigenvalue weighted by molar-refractivity contribution is 6.33. The van der Waals surface area contributed by atoms with Crippen molar-refractivity contribution in [2.45, 2.75) is 20.0 Å². The molecule has 1 rings (SSSR count). The van der Waals surface area contributed by atoms with E-state index < -0.39 is 5.97 Å². The first-order valence-electron chi connectivity index (χ1n) is 5.04. The molecule has 0 aromatic heterocycles. The number of nitrogens with one attached hydrogen (secondary N) is 1. The summed E-state index contributed by atoms with van der Waals surface area (Å²) in [5.41, 5.74) is 3.17. The summed E-state index contributed by atoms with van der Waals surface area (Å²) in [6.45, 7) is 3.75. The third kappa shape index (κ3) is 3.25. The van der Waals surface area contributed by atoms with E-state index in [0.717, 1.165) is 0 Å². The number of rotatable bonds is 4. The number of nitrogens with two attached hydrogens (primary N) is 1. The van der Waals surface area contributed by atoms with Crippen molar-refractivity contribution >= 4 is 23.3 Å². The van der Waals surface area contributed by atoms with Crippen LogP contribution in [0.25, 0.3) is 0 Å². The molecule has 1 aromatic carbocycles. The Hall–Kier alpha value is -1.46. The third-order valence-corrected chi connectivity index (χ3v) is 2.31. The standard InChI is InChI=1S/C11H15ClN2O3/c1-6(2)17-10-5-8(12)7(11(15)16-3)4-9(10)14-13/h4-6,14H,13H2,1-3H3. The van der Waals surface area contributed by atoms with Crippen LogP contribution in [0, 0.1) is 0 Å². The lowest BCUT2D eigenvalue weighted by Crippen LogP contribution is -2.13. The first kappa shape index (κ1) is 13.6. The Morgan fingerprint density at radius 1 is 1.47 bits per heavy atom. The number of carbonyl (C=O) groups is 1. The molecule has 3 N–H and O–H groups in total. The molecular formula is C11H15ClN2O3. The van der Waals surface area contributed by atoms with Crippen LogP contribution in [0.5, 0.6) is 5.75 Å². The second-order valence-electron chi connectivity index (χ2n) is 3.63. The monoisotopic (exact) mass is 258 g/mol. The fourth-order valence-electron chi connectivity index (χ4n) is 1.29. The van der Waals surface area contributed by atoms with Gasteiger partial charge >= 0.3 is 5.97 Å². The molecule has 94 valence electrons. The van der Waals surface area contributed by atoms with E-state index in [9.17, 15) is 4.79 Å². The minimum absolute atomic E-state index is 0.0258. The lowest BCUT2D eigenvalue weighted by Gasteiger charge is -2.15. The first-order valence-corrected chi connectivity index (χ1v) is 5.42. The Balaban J connectivity index is 3.19. The Kier molecular flexibility index (Phi) is 4.60. The van der Waals surface area contributed by atoms with Gasteiger partial charge in [-0.25, -0.2) is 4.79 Å². The van der Waals surface area contributed by atoms with E-state index in [1.54, 1.807) is 0 Å². The van der Waals surface area contributed by atoms with E-state index in [1.807, 2.05) is 13.8 Å². The van der Waals surface area contributed by atoms with Crippen molar-refractivity contribution in [2.24, 2.45) is 5.84 Å². The molecule has 0 saturated heterocycles. The van der Waals surface area contributed by atoms with Gasteiger partial charge in [-0.1, -0.05) is 11.6 Å². The van der Waals surface area contributed by atoms with Crippen molar-refractivity contribution in [1.82, 2.24) is 0 Å². The van der Waals surface area contributed by atoms with E-state index in [0.29, 0.717) is 11.4 Å². The number of benzene rings is 1. The number of nitrogen functional groups attached to an aromatic ring is 1. The predicted octanol–water partition coefficient (Wildman–Crippen LogP) is 2.20. The third-order valence-electron chi connectivity index (χ3n) is 1.99. The number of ether oxygens (including phenoxy) is 2. The predicted molar refractivity (Wildman–Crippen MR) is 66.4 cm³/mol. The number of esters is 1. The average molecular weight is 259 g/mol. The van der Waals surface area contributed by atoms with Gasteiger partial charge < -0.3 is 14.9 Å². The van der Waals surface area contributed by atoms with Crippen LogP contribution < -0.4 is 16.0 Å². The quantitative estimate of drug-likeness (QED) is 0.492. The van der Waals surface area contributed by atoms with Gasteiger partial charge in [-0.05, 0) is 19.9 Å². The first-order chi connectivity index (χ1) is 7.99. The summed E-state index contributed by atoms with van der Waals surface area (Å²) in [6.07, 6.45) is -0.0258. The van der Waals surface area contributed by atoms with Gasteiger partial charge in [0.2, 0.25) is 0 Å². The van der Waals surface area contributed by atoms with Gasteiger partial charge in [-0.2, -0.15) is 0 Å². The summed E-state index contributed by atoms with van der Waals surface area (Å²) in [4.78, 5) is 11.4. The van der Waals surface area contributed by atoms with Crippen molar-refractivity contribution in [2.75, 3.05) is 12.5 Å². The van der Waals surface area contributed by atoms with E-state index in [1.165, 1.54) is 19.2 Å². The molecule has 0 aliphatic carbocycles. The van der Waals surface area contributed by atoms with Gasteiger partial charge in [0.1, 0.15) is 5.75 Å². The van der Waals surface area contributed by atoms with E-state index in [-0.39, 0.29) is 16.7 Å². The molecule has 0 aliphatic rings. The number of halogens is 1. The molecule has 0 spiro atoms. The van der Waals surface area contributed by atoms with Gasteiger partial charge in [0.15, 0.2) is 0 Å². The fraction of sp³-hybridized carbons (Fsp3) is 0.364. The summed E-state index contributed by atoms with van der Waals surface area (Å²) in [6, 6.07) is 3.02. The van der Waals surface area contributed by atoms with E-state index in [4.69, 9.17) is 22.2 Å². The number of hydrogen-bond acceptors (Lipinski definition) is 5. The fourth-order valence-corrected chi connectivity index (χ4v) is 1.52. The van der Waals surface area contributed by atoms with E-state index >= 15 is 0 Å². The Bertz CT molecular complexity index is 421. The van der Waals surface area contributed by atoms with Crippen molar-refractivity contribution in [1.29, 1.82) is 0 Å². The number of carbonyl (C=O) groups excluding carboxylic acids is 1. The molecule has 0 aliphatic heterocycles. The molecular weight excluding hydrogens is 244 g/mol. The van der Waals surface area contributed by atoms with Crippen LogP contribution >= 0.6 is 11.6 Å². The van der Waals surface area contributed by atoms with E-state index in [2.05, 4.69) is 10.2 Å². The van der Waals surface area contributed by atoms with Gasteiger partial charge in [0.25, 0.3) is 0 Å². The molecule has 0 atom stereocenters. The summed E-state index contributed by atoms with van der Waals surface area (Å²) < 4.78 is 10.1. The Morgan fingerprint density at radius 3 is 2.59 bits per heavy atom. The second-order valence-corrected chi connectivity index (χ2v) is 4.04. The highest BCUT2D eigenvalue weighted by atomic mass is 35.5. The molecule has 6 heteroatoms. The highest BCUT2D eigenvalue weighted by Gasteiger charge is 2.16. The molecule has 0 amide bonds. The van der Waals surface area contributed by atoms with Gasteiger partial charge in [-0.15, -0.1) is 0 Å². The normalized spacial score (nSPS) is 10.2. The number of methoxy groups -OCH3 is 1. The number of hydrogen-bond donors (Lipinski definition) is 2. The minimum Gasteiger partial charge on any atom is -0.489 e. The molecule has 0 bridgehead atoms. The van der Waals surface area contributed by atoms with Crippen molar-refractivity contribution in [3.63, 3.8) is 0 Å². The minimum atomic E-state index is -0.525. The van der Waals surface area contributed by atoms with Crippen LogP contribution in [0.1, 0.15) is 24.2 Å². The zero-order valence-corrected chi connectivity index (χ0v) is 10.7. The SMILES string of the molecule is COC(=O)c1cc(NN)c(OC(C)C)cc1Cl. The summed E-state index contributed by atoms with van der Waals surface area (Å²) in [5.74, 6) is 5.32. The van der Waals surface area contributed by atoms with Gasteiger partial charge in [-0.3, -0.25) is 5.84 Å². The lowest BCUT2D eigenvalue weighted by atomic mass is 10.2. The lowest BCUT2D eigenvalue weighted by molar-refractivity contribution is 0.0601. The largest absolute Gasteiger partial charge is 0.489 e. The maximum absolute atomic E-state index is 11.4. The Morgan fingerprint density at radius 2 is 2.12 bits per heavy atom. The van der Waals surface area contributed by atoms with Crippen LogP contribution in [-0.4, -0.2) is 19.2 Å². The molecule has 1 aromatic rings.